The van der Waals surface area contributed by atoms with Gasteiger partial charge in [0.05, 0.1) is 43.5 Å². The van der Waals surface area contributed by atoms with Crippen molar-refractivity contribution in [2.75, 3.05) is 27.1 Å². The summed E-state index contributed by atoms with van der Waals surface area (Å²) in [6, 6.07) is 11.4. The number of carbonyl (C=O) groups is 1. The molecule has 0 fully saturated rings. The molecule has 0 unspecified atom stereocenters. The Morgan fingerprint density at radius 1 is 1.18 bits per heavy atom. The standard InChI is InChI=1S/C19H19N3O4S2/c1-24-14-8-12(9-15(25-2)18(14)26-3)10-20-22-17(23)11-27-19-21-13-6-4-5-7-16(13)28-19/h4-10H,11H2,1-3H3,(H,22,23)/b20-10-. The highest BCUT2D eigenvalue weighted by Gasteiger charge is 2.12. The number of benzene rings is 2. The first kappa shape index (κ1) is 20.0. The van der Waals surface area contributed by atoms with Crippen LogP contribution < -0.4 is 19.6 Å². The zero-order valence-corrected chi connectivity index (χ0v) is 17.2. The number of nitrogens with one attached hydrogen (secondary N) is 1. The highest BCUT2D eigenvalue weighted by molar-refractivity contribution is 8.01. The van der Waals surface area contributed by atoms with E-state index in [-0.39, 0.29) is 11.7 Å². The molecule has 2 aromatic carbocycles. The minimum absolute atomic E-state index is 0.215. The van der Waals surface area contributed by atoms with Crippen LogP contribution in [0.5, 0.6) is 17.2 Å². The number of ether oxygens (including phenoxy) is 3. The fourth-order valence-electron chi connectivity index (χ4n) is 2.43. The van der Waals surface area contributed by atoms with Crippen LogP contribution in [0.15, 0.2) is 45.8 Å². The van der Waals surface area contributed by atoms with E-state index in [1.807, 2.05) is 24.3 Å². The molecule has 0 aliphatic rings. The number of para-hydroxylation sites is 1. The predicted molar refractivity (Wildman–Crippen MR) is 112 cm³/mol. The number of hydrogen-bond acceptors (Lipinski definition) is 8. The number of rotatable bonds is 8. The lowest BCUT2D eigenvalue weighted by Crippen LogP contribution is -2.19. The second-order valence-corrected chi connectivity index (χ2v) is 7.74. The zero-order valence-electron chi connectivity index (χ0n) is 15.6. The molecule has 1 amide bonds. The molecule has 146 valence electrons. The third-order valence-electron chi connectivity index (χ3n) is 3.69. The van der Waals surface area contributed by atoms with E-state index in [4.69, 9.17) is 14.2 Å². The number of hydrogen-bond donors (Lipinski definition) is 1. The molecule has 3 aromatic rings. The molecule has 0 spiro atoms. The summed E-state index contributed by atoms with van der Waals surface area (Å²) in [4.78, 5) is 16.5. The third-order valence-corrected chi connectivity index (χ3v) is 5.87. The molecule has 1 heterocycles. The van der Waals surface area contributed by atoms with Gasteiger partial charge >= 0.3 is 0 Å². The second-order valence-electron chi connectivity index (χ2n) is 5.49. The topological polar surface area (TPSA) is 82.0 Å². The minimum Gasteiger partial charge on any atom is -0.493 e. The molecule has 0 saturated heterocycles. The van der Waals surface area contributed by atoms with Gasteiger partial charge < -0.3 is 14.2 Å². The summed E-state index contributed by atoms with van der Waals surface area (Å²) in [7, 11) is 4.62. The van der Waals surface area contributed by atoms with Crippen LogP contribution in [0.3, 0.4) is 0 Å². The number of methoxy groups -OCH3 is 3. The van der Waals surface area contributed by atoms with Crippen molar-refractivity contribution in [2.24, 2.45) is 5.10 Å². The van der Waals surface area contributed by atoms with Crippen LogP contribution >= 0.6 is 23.1 Å². The maximum atomic E-state index is 12.0. The zero-order chi connectivity index (χ0) is 19.9. The van der Waals surface area contributed by atoms with Crippen LogP contribution in [-0.2, 0) is 4.79 Å². The van der Waals surface area contributed by atoms with E-state index in [2.05, 4.69) is 15.5 Å². The SMILES string of the molecule is COc1cc(/C=N\NC(=O)CSc2nc3ccccc3s2)cc(OC)c1OC. The maximum absolute atomic E-state index is 12.0. The van der Waals surface area contributed by atoms with Gasteiger partial charge in [-0.2, -0.15) is 5.10 Å². The number of carbonyl (C=O) groups excluding carboxylic acids is 1. The molecule has 0 atom stereocenters. The number of amides is 1. The Bertz CT molecular complexity index is 946. The molecule has 1 aromatic heterocycles. The van der Waals surface area contributed by atoms with E-state index in [9.17, 15) is 4.79 Å². The quantitative estimate of drug-likeness (QED) is 0.343. The van der Waals surface area contributed by atoms with Gasteiger partial charge in [0.15, 0.2) is 15.8 Å². The Morgan fingerprint density at radius 3 is 2.54 bits per heavy atom. The molecule has 1 N–H and O–H groups in total. The highest BCUT2D eigenvalue weighted by Crippen LogP contribution is 2.37. The van der Waals surface area contributed by atoms with Crippen molar-refractivity contribution in [2.45, 2.75) is 4.34 Å². The Balaban J connectivity index is 1.58. The van der Waals surface area contributed by atoms with Gasteiger partial charge in [0.1, 0.15) is 0 Å². The highest BCUT2D eigenvalue weighted by atomic mass is 32.2. The Morgan fingerprint density at radius 2 is 1.89 bits per heavy atom. The molecule has 9 heteroatoms. The molecule has 0 aliphatic carbocycles. The fraction of sp³-hybridized carbons (Fsp3) is 0.211. The van der Waals surface area contributed by atoms with Gasteiger partial charge in [-0.1, -0.05) is 23.9 Å². The molecular weight excluding hydrogens is 398 g/mol. The Labute approximate surface area is 170 Å². The number of thiazole rings is 1. The average Bonchev–Trinajstić information content (AvgIpc) is 3.14. The van der Waals surface area contributed by atoms with Crippen molar-refractivity contribution < 1.29 is 19.0 Å². The van der Waals surface area contributed by atoms with Crippen molar-refractivity contribution in [3.8, 4) is 17.2 Å². The lowest BCUT2D eigenvalue weighted by Gasteiger charge is -2.12. The van der Waals surface area contributed by atoms with Gasteiger partial charge in [0.2, 0.25) is 5.75 Å². The number of aromatic nitrogens is 1. The Kier molecular flexibility index (Phi) is 6.72. The number of fused-ring (bicyclic) bond motifs is 1. The van der Waals surface area contributed by atoms with Crippen LogP contribution in [0.2, 0.25) is 0 Å². The van der Waals surface area contributed by atoms with E-state index >= 15 is 0 Å². The molecule has 0 aliphatic heterocycles. The average molecular weight is 418 g/mol. The summed E-state index contributed by atoms with van der Waals surface area (Å²) < 4.78 is 17.8. The van der Waals surface area contributed by atoms with Gasteiger partial charge in [-0.15, -0.1) is 11.3 Å². The minimum atomic E-state index is -0.215. The maximum Gasteiger partial charge on any atom is 0.250 e. The number of hydrazone groups is 1. The largest absolute Gasteiger partial charge is 0.493 e. The van der Waals surface area contributed by atoms with E-state index in [1.54, 1.807) is 37.7 Å². The van der Waals surface area contributed by atoms with Gasteiger partial charge in [0.25, 0.3) is 5.91 Å². The van der Waals surface area contributed by atoms with Gasteiger partial charge in [-0.25, -0.2) is 10.4 Å². The summed E-state index contributed by atoms with van der Waals surface area (Å²) in [5, 5.41) is 4.00. The van der Waals surface area contributed by atoms with Crippen molar-refractivity contribution in [1.29, 1.82) is 0 Å². The molecule has 0 radical (unpaired) electrons. The van der Waals surface area contributed by atoms with Crippen molar-refractivity contribution >= 4 is 45.4 Å². The molecule has 28 heavy (non-hydrogen) atoms. The monoisotopic (exact) mass is 417 g/mol. The lowest BCUT2D eigenvalue weighted by atomic mass is 10.2. The van der Waals surface area contributed by atoms with Crippen LogP contribution in [0.25, 0.3) is 10.2 Å². The van der Waals surface area contributed by atoms with E-state index in [0.29, 0.717) is 22.8 Å². The lowest BCUT2D eigenvalue weighted by molar-refractivity contribution is -0.118. The first-order valence-electron chi connectivity index (χ1n) is 8.25. The fourth-order valence-corrected chi connectivity index (χ4v) is 4.29. The molecule has 7 nitrogen and oxygen atoms in total. The van der Waals surface area contributed by atoms with Crippen molar-refractivity contribution in [1.82, 2.24) is 10.4 Å². The molecule has 3 rings (SSSR count). The van der Waals surface area contributed by atoms with E-state index < -0.39 is 0 Å². The van der Waals surface area contributed by atoms with Crippen LogP contribution in [0, 0.1) is 0 Å². The first-order valence-corrected chi connectivity index (χ1v) is 10.0. The summed E-state index contributed by atoms with van der Waals surface area (Å²) in [5.41, 5.74) is 4.16. The summed E-state index contributed by atoms with van der Waals surface area (Å²) in [6.07, 6.45) is 1.52. The van der Waals surface area contributed by atoms with E-state index in [0.717, 1.165) is 14.6 Å². The summed E-state index contributed by atoms with van der Waals surface area (Å²) in [5.74, 6) is 1.54. The number of nitrogens with zero attached hydrogens (tertiary/aromatic N) is 2. The normalized spacial score (nSPS) is 11.0. The number of thioether (sulfide) groups is 1. The van der Waals surface area contributed by atoms with Crippen molar-refractivity contribution in [3.05, 3.63) is 42.0 Å². The summed E-state index contributed by atoms with van der Waals surface area (Å²) in [6.45, 7) is 0. The van der Waals surface area contributed by atoms with Crippen molar-refractivity contribution in [3.63, 3.8) is 0 Å². The molecule has 0 saturated carbocycles. The smallest absolute Gasteiger partial charge is 0.250 e. The van der Waals surface area contributed by atoms with Gasteiger partial charge in [-0.3, -0.25) is 4.79 Å². The summed E-state index contributed by atoms with van der Waals surface area (Å²) >= 11 is 2.95. The van der Waals surface area contributed by atoms with Gasteiger partial charge in [0, 0.05) is 5.56 Å². The molecule has 0 bridgehead atoms. The predicted octanol–water partition coefficient (Wildman–Crippen LogP) is 3.56. The van der Waals surface area contributed by atoms with E-state index in [1.165, 1.54) is 25.1 Å². The second kappa shape index (κ2) is 9.43. The van der Waals surface area contributed by atoms with Crippen LogP contribution in [-0.4, -0.2) is 44.2 Å². The molecular formula is C19H19N3O4S2. The third kappa shape index (κ3) is 4.73. The first-order chi connectivity index (χ1) is 13.6. The Hall–Kier alpha value is -2.78. The van der Waals surface area contributed by atoms with Crippen LogP contribution in [0.4, 0.5) is 0 Å². The van der Waals surface area contributed by atoms with Crippen LogP contribution in [0.1, 0.15) is 5.56 Å². The van der Waals surface area contributed by atoms with Gasteiger partial charge in [-0.05, 0) is 24.3 Å².